The maximum absolute atomic E-state index is 13.5. The van der Waals surface area contributed by atoms with Crippen molar-refractivity contribution in [2.24, 2.45) is 0 Å². The lowest BCUT2D eigenvalue weighted by Gasteiger charge is -2.27. The summed E-state index contributed by atoms with van der Waals surface area (Å²) in [5.74, 6) is -2.61. The maximum atomic E-state index is 13.5. The van der Waals surface area contributed by atoms with E-state index in [1.165, 1.54) is 50.5 Å². The van der Waals surface area contributed by atoms with Gasteiger partial charge in [0.15, 0.2) is 0 Å². The Balaban J connectivity index is 2.04. The normalized spacial score (nSPS) is 16.6. The Labute approximate surface area is 222 Å². The van der Waals surface area contributed by atoms with E-state index in [1.54, 1.807) is 36.4 Å². The molecule has 1 aliphatic rings. The summed E-state index contributed by atoms with van der Waals surface area (Å²) in [4.78, 5) is 40.3. The number of anilines is 1. The minimum Gasteiger partial charge on any atom is -0.507 e. The molecule has 0 bridgehead atoms. The average molecular weight is 542 g/mol. The third kappa shape index (κ3) is 4.61. The van der Waals surface area contributed by atoms with Gasteiger partial charge in [0, 0.05) is 16.3 Å². The van der Waals surface area contributed by atoms with Gasteiger partial charge in [-0.1, -0.05) is 47.5 Å². The third-order valence-electron chi connectivity index (χ3n) is 5.89. The van der Waals surface area contributed by atoms with Gasteiger partial charge in [-0.2, -0.15) is 0 Å². The summed E-state index contributed by atoms with van der Waals surface area (Å²) < 4.78 is 15.7. The van der Waals surface area contributed by atoms with E-state index in [4.69, 9.17) is 37.4 Å². The predicted molar refractivity (Wildman–Crippen MR) is 139 cm³/mol. The highest BCUT2D eigenvalue weighted by Crippen LogP contribution is 2.47. The van der Waals surface area contributed by atoms with Crippen LogP contribution in [-0.2, 0) is 14.3 Å². The van der Waals surface area contributed by atoms with E-state index >= 15 is 0 Å². The van der Waals surface area contributed by atoms with Crippen LogP contribution < -0.4 is 14.4 Å². The van der Waals surface area contributed by atoms with Crippen LogP contribution in [0.25, 0.3) is 5.76 Å². The highest BCUT2D eigenvalue weighted by atomic mass is 35.5. The number of hydrogen-bond acceptors (Lipinski definition) is 7. The number of carbonyl (C=O) groups is 3. The standard InChI is InChI=1S/C27H21Cl2NO7/c1-35-20-10-5-4-9-17(20)22-21(23(31)18-12-15(28)13-19(29)25(18)36-2)24(32)26(33)30(22)16-8-6-7-14(11-16)27(34)37-3/h4-13,22,31H,1-3H3/b23-21+. The molecule has 0 saturated carbocycles. The molecule has 1 heterocycles. The molecular formula is C27H21Cl2NO7. The van der Waals surface area contributed by atoms with Crippen molar-refractivity contribution in [3.63, 3.8) is 0 Å². The first-order valence-electron chi connectivity index (χ1n) is 10.9. The molecule has 3 aromatic carbocycles. The van der Waals surface area contributed by atoms with Gasteiger partial charge in [0.1, 0.15) is 17.3 Å². The number of nitrogens with zero attached hydrogens (tertiary/aromatic N) is 1. The zero-order valence-electron chi connectivity index (χ0n) is 20.0. The molecule has 1 fully saturated rings. The third-order valence-corrected chi connectivity index (χ3v) is 6.39. The molecule has 8 nitrogen and oxygen atoms in total. The molecular weight excluding hydrogens is 521 g/mol. The summed E-state index contributed by atoms with van der Waals surface area (Å²) in [5, 5.41) is 11.8. The first-order valence-corrected chi connectivity index (χ1v) is 11.6. The number of Topliss-reactive ketones (excluding diaryl/α,β-unsaturated/α-hetero) is 1. The summed E-state index contributed by atoms with van der Waals surface area (Å²) in [6.45, 7) is 0. The fourth-order valence-corrected chi connectivity index (χ4v) is 4.85. The number of methoxy groups -OCH3 is 3. The Morgan fingerprint density at radius 3 is 2.35 bits per heavy atom. The van der Waals surface area contributed by atoms with Gasteiger partial charge in [0.05, 0.1) is 49.1 Å². The van der Waals surface area contributed by atoms with E-state index in [-0.39, 0.29) is 38.2 Å². The number of amides is 1. The van der Waals surface area contributed by atoms with E-state index in [1.807, 2.05) is 0 Å². The fourth-order valence-electron chi connectivity index (χ4n) is 4.27. The second kappa shape index (κ2) is 10.5. The largest absolute Gasteiger partial charge is 0.507 e. The van der Waals surface area contributed by atoms with Crippen LogP contribution in [0.5, 0.6) is 11.5 Å². The van der Waals surface area contributed by atoms with Gasteiger partial charge >= 0.3 is 5.97 Å². The molecule has 1 amide bonds. The van der Waals surface area contributed by atoms with Crippen LogP contribution in [0.3, 0.4) is 0 Å². The van der Waals surface area contributed by atoms with E-state index in [0.29, 0.717) is 11.3 Å². The Bertz CT molecular complexity index is 1450. The van der Waals surface area contributed by atoms with Crippen LogP contribution in [0, 0.1) is 0 Å². The highest BCUT2D eigenvalue weighted by Gasteiger charge is 2.48. The van der Waals surface area contributed by atoms with Gasteiger partial charge < -0.3 is 19.3 Å². The minimum absolute atomic E-state index is 0.0289. The molecule has 10 heteroatoms. The maximum Gasteiger partial charge on any atom is 0.337 e. The van der Waals surface area contributed by atoms with Gasteiger partial charge in [-0.05, 0) is 36.4 Å². The van der Waals surface area contributed by atoms with Crippen molar-refractivity contribution in [2.75, 3.05) is 26.2 Å². The predicted octanol–water partition coefficient (Wildman–Crippen LogP) is 5.42. The van der Waals surface area contributed by atoms with Crippen molar-refractivity contribution in [3.05, 3.63) is 93.0 Å². The summed E-state index contributed by atoms with van der Waals surface area (Å²) in [6.07, 6.45) is 0. The molecule has 4 rings (SSSR count). The van der Waals surface area contributed by atoms with Crippen molar-refractivity contribution in [1.29, 1.82) is 0 Å². The van der Waals surface area contributed by atoms with E-state index in [0.717, 1.165) is 0 Å². The summed E-state index contributed by atoms with van der Waals surface area (Å²) >= 11 is 12.4. The molecule has 0 radical (unpaired) electrons. The summed E-state index contributed by atoms with van der Waals surface area (Å²) in [6, 6.07) is 14.5. The van der Waals surface area contributed by atoms with Gasteiger partial charge in [-0.3, -0.25) is 14.5 Å². The number of benzene rings is 3. The molecule has 0 spiro atoms. The number of aliphatic hydroxyl groups excluding tert-OH is 1. The van der Waals surface area contributed by atoms with Gasteiger partial charge in [0.25, 0.3) is 11.7 Å². The first-order chi connectivity index (χ1) is 17.7. The lowest BCUT2D eigenvalue weighted by Crippen LogP contribution is -2.29. The topological polar surface area (TPSA) is 102 Å². The number of carbonyl (C=O) groups excluding carboxylic acids is 3. The van der Waals surface area contributed by atoms with Crippen LogP contribution in [0.1, 0.15) is 27.5 Å². The lowest BCUT2D eigenvalue weighted by molar-refractivity contribution is -0.132. The number of ether oxygens (including phenoxy) is 3. The van der Waals surface area contributed by atoms with Gasteiger partial charge in [-0.25, -0.2) is 4.79 Å². The van der Waals surface area contributed by atoms with Crippen molar-refractivity contribution >= 4 is 52.3 Å². The number of hydrogen-bond donors (Lipinski definition) is 1. The summed E-state index contributed by atoms with van der Waals surface area (Å²) in [7, 11) is 4.03. The number of esters is 1. The molecule has 0 aliphatic carbocycles. The van der Waals surface area contributed by atoms with Crippen LogP contribution in [0.4, 0.5) is 5.69 Å². The van der Waals surface area contributed by atoms with Crippen molar-refractivity contribution in [3.8, 4) is 11.5 Å². The monoisotopic (exact) mass is 541 g/mol. The zero-order chi connectivity index (χ0) is 26.9. The fraction of sp³-hybridized carbons (Fsp3) is 0.148. The van der Waals surface area contributed by atoms with Crippen molar-refractivity contribution < 1.29 is 33.7 Å². The van der Waals surface area contributed by atoms with E-state index < -0.39 is 29.5 Å². The van der Waals surface area contributed by atoms with Gasteiger partial charge in [-0.15, -0.1) is 0 Å². The second-order valence-electron chi connectivity index (χ2n) is 7.92. The number of para-hydroxylation sites is 1. The Hall–Kier alpha value is -4.01. The van der Waals surface area contributed by atoms with Crippen LogP contribution >= 0.6 is 23.2 Å². The van der Waals surface area contributed by atoms with Crippen molar-refractivity contribution in [1.82, 2.24) is 0 Å². The minimum atomic E-state index is -1.13. The number of aliphatic hydroxyl groups is 1. The number of ketones is 1. The smallest absolute Gasteiger partial charge is 0.337 e. The Morgan fingerprint density at radius 2 is 1.68 bits per heavy atom. The van der Waals surface area contributed by atoms with E-state index in [9.17, 15) is 19.5 Å². The molecule has 1 unspecified atom stereocenters. The Kier molecular flexibility index (Phi) is 7.42. The molecule has 1 N–H and O–H groups in total. The molecule has 1 saturated heterocycles. The molecule has 190 valence electrons. The molecule has 1 atom stereocenters. The second-order valence-corrected chi connectivity index (χ2v) is 8.77. The van der Waals surface area contributed by atoms with Crippen LogP contribution in [0.15, 0.2) is 66.2 Å². The van der Waals surface area contributed by atoms with Crippen LogP contribution in [-0.4, -0.2) is 44.1 Å². The van der Waals surface area contributed by atoms with Crippen LogP contribution in [0.2, 0.25) is 10.0 Å². The van der Waals surface area contributed by atoms with Gasteiger partial charge in [0.2, 0.25) is 0 Å². The van der Waals surface area contributed by atoms with E-state index in [2.05, 4.69) is 0 Å². The molecule has 1 aliphatic heterocycles. The number of halogens is 2. The molecule has 37 heavy (non-hydrogen) atoms. The zero-order valence-corrected chi connectivity index (χ0v) is 21.5. The molecule has 0 aromatic heterocycles. The van der Waals surface area contributed by atoms with Crippen molar-refractivity contribution in [2.45, 2.75) is 6.04 Å². The summed E-state index contributed by atoms with van der Waals surface area (Å²) in [5.41, 5.74) is 0.608. The highest BCUT2D eigenvalue weighted by molar-refractivity contribution is 6.52. The lowest BCUT2D eigenvalue weighted by atomic mass is 9.94. The molecule has 3 aromatic rings. The SMILES string of the molecule is COC(=O)c1cccc(N2C(=O)C(=O)/C(=C(/O)c3cc(Cl)cc(Cl)c3OC)C2c2ccccc2OC)c1. The quantitative estimate of drug-likeness (QED) is 0.192. The average Bonchev–Trinajstić information content (AvgIpc) is 3.17. The Morgan fingerprint density at radius 1 is 0.946 bits per heavy atom. The number of rotatable bonds is 6. The first kappa shape index (κ1) is 26.1.